The summed E-state index contributed by atoms with van der Waals surface area (Å²) in [4.78, 5) is 10.9. The molecule has 19 heavy (non-hydrogen) atoms. The molecule has 102 valence electrons. The van der Waals surface area contributed by atoms with Gasteiger partial charge in [-0.3, -0.25) is 0 Å². The van der Waals surface area contributed by atoms with Crippen molar-refractivity contribution in [2.24, 2.45) is 0 Å². The van der Waals surface area contributed by atoms with E-state index in [0.29, 0.717) is 12.5 Å². The lowest BCUT2D eigenvalue weighted by atomic mass is 10.00. The van der Waals surface area contributed by atoms with Crippen LogP contribution < -0.4 is 10.2 Å². The van der Waals surface area contributed by atoms with Gasteiger partial charge in [0.2, 0.25) is 0 Å². The average molecular weight is 259 g/mol. The standard InChI is InChI=1S/C14H21N5/c1-2-8-16-13-10-14(18-11-17-13)19-9-4-3-5-12(19)6-7-15/h10-12H,2-6,8-9H2,1H3,(H,16,17,18). The Balaban J connectivity index is 2.12. The summed E-state index contributed by atoms with van der Waals surface area (Å²) in [6, 6.07) is 4.58. The third-order valence-electron chi connectivity index (χ3n) is 3.46. The second-order valence-corrected chi connectivity index (χ2v) is 4.89. The Morgan fingerprint density at radius 3 is 3.16 bits per heavy atom. The van der Waals surface area contributed by atoms with Crippen LogP contribution in [0.2, 0.25) is 0 Å². The van der Waals surface area contributed by atoms with Crippen LogP contribution in [0.4, 0.5) is 11.6 Å². The van der Waals surface area contributed by atoms with Crippen molar-refractivity contribution in [1.29, 1.82) is 5.26 Å². The molecule has 1 aromatic heterocycles. The highest BCUT2D eigenvalue weighted by Crippen LogP contribution is 2.25. The van der Waals surface area contributed by atoms with E-state index >= 15 is 0 Å². The fourth-order valence-corrected chi connectivity index (χ4v) is 2.47. The fourth-order valence-electron chi connectivity index (χ4n) is 2.47. The highest BCUT2D eigenvalue weighted by molar-refractivity contribution is 5.49. The lowest BCUT2D eigenvalue weighted by molar-refractivity contribution is 0.461. The van der Waals surface area contributed by atoms with Crippen molar-refractivity contribution in [3.8, 4) is 6.07 Å². The summed E-state index contributed by atoms with van der Waals surface area (Å²) >= 11 is 0. The summed E-state index contributed by atoms with van der Waals surface area (Å²) in [7, 11) is 0. The second-order valence-electron chi connectivity index (χ2n) is 4.89. The molecule has 0 saturated carbocycles. The van der Waals surface area contributed by atoms with Crippen LogP contribution in [0.5, 0.6) is 0 Å². The van der Waals surface area contributed by atoms with E-state index in [0.717, 1.165) is 37.6 Å². The molecule has 5 nitrogen and oxygen atoms in total. The maximum atomic E-state index is 8.93. The van der Waals surface area contributed by atoms with Crippen LogP contribution >= 0.6 is 0 Å². The van der Waals surface area contributed by atoms with Gasteiger partial charge in [-0.2, -0.15) is 5.26 Å². The molecule has 0 radical (unpaired) electrons. The number of nitrogens with one attached hydrogen (secondary N) is 1. The van der Waals surface area contributed by atoms with Gasteiger partial charge in [0.15, 0.2) is 0 Å². The highest BCUT2D eigenvalue weighted by atomic mass is 15.2. The first kappa shape index (κ1) is 13.6. The zero-order valence-corrected chi connectivity index (χ0v) is 11.5. The molecule has 1 fully saturated rings. The number of anilines is 2. The van der Waals surface area contributed by atoms with E-state index in [9.17, 15) is 0 Å². The Labute approximate surface area is 114 Å². The van der Waals surface area contributed by atoms with Crippen molar-refractivity contribution in [2.45, 2.75) is 45.1 Å². The zero-order chi connectivity index (χ0) is 13.5. The molecule has 2 heterocycles. The number of hydrogen-bond donors (Lipinski definition) is 1. The molecule has 1 aromatic rings. The number of aromatic nitrogens is 2. The van der Waals surface area contributed by atoms with Crippen LogP contribution in [0, 0.1) is 11.3 Å². The van der Waals surface area contributed by atoms with Crippen molar-refractivity contribution in [3.05, 3.63) is 12.4 Å². The minimum atomic E-state index is 0.299. The van der Waals surface area contributed by atoms with Gasteiger partial charge in [0.05, 0.1) is 12.5 Å². The number of nitriles is 1. The van der Waals surface area contributed by atoms with Crippen LogP contribution in [0.25, 0.3) is 0 Å². The lowest BCUT2D eigenvalue weighted by Crippen LogP contribution is -2.39. The third-order valence-corrected chi connectivity index (χ3v) is 3.46. The van der Waals surface area contributed by atoms with E-state index in [1.807, 2.05) is 6.07 Å². The average Bonchev–Trinajstić information content (AvgIpc) is 2.46. The number of nitrogens with zero attached hydrogens (tertiary/aromatic N) is 4. The first-order valence-corrected chi connectivity index (χ1v) is 7.04. The molecular formula is C14H21N5. The summed E-state index contributed by atoms with van der Waals surface area (Å²) in [6.07, 6.45) is 6.70. The fraction of sp³-hybridized carbons (Fsp3) is 0.643. The van der Waals surface area contributed by atoms with E-state index in [4.69, 9.17) is 5.26 Å². The molecule has 1 aliphatic rings. The molecule has 5 heteroatoms. The number of hydrogen-bond acceptors (Lipinski definition) is 5. The summed E-state index contributed by atoms with van der Waals surface area (Å²) in [5, 5.41) is 12.2. The summed E-state index contributed by atoms with van der Waals surface area (Å²) < 4.78 is 0. The van der Waals surface area contributed by atoms with Crippen LogP contribution in [0.15, 0.2) is 12.4 Å². The largest absolute Gasteiger partial charge is 0.370 e. The minimum absolute atomic E-state index is 0.299. The summed E-state index contributed by atoms with van der Waals surface area (Å²) in [6.45, 7) is 4.03. The van der Waals surface area contributed by atoms with E-state index < -0.39 is 0 Å². The molecule has 1 aliphatic heterocycles. The van der Waals surface area contributed by atoms with Gasteiger partial charge in [-0.05, 0) is 25.7 Å². The quantitative estimate of drug-likeness (QED) is 0.880. The van der Waals surface area contributed by atoms with Crippen LogP contribution in [-0.4, -0.2) is 29.1 Å². The van der Waals surface area contributed by atoms with Gasteiger partial charge in [0, 0.05) is 25.2 Å². The van der Waals surface area contributed by atoms with Crippen LogP contribution in [0.1, 0.15) is 39.0 Å². The molecule has 2 rings (SSSR count). The van der Waals surface area contributed by atoms with Gasteiger partial charge in [0.25, 0.3) is 0 Å². The van der Waals surface area contributed by atoms with E-state index in [2.05, 4.69) is 33.2 Å². The second kappa shape index (κ2) is 6.93. The maximum Gasteiger partial charge on any atom is 0.134 e. The van der Waals surface area contributed by atoms with E-state index in [1.54, 1.807) is 6.33 Å². The van der Waals surface area contributed by atoms with Crippen molar-refractivity contribution in [2.75, 3.05) is 23.3 Å². The molecule has 1 saturated heterocycles. The summed E-state index contributed by atoms with van der Waals surface area (Å²) in [5.41, 5.74) is 0. The lowest BCUT2D eigenvalue weighted by Gasteiger charge is -2.35. The van der Waals surface area contributed by atoms with Crippen LogP contribution in [-0.2, 0) is 0 Å². The smallest absolute Gasteiger partial charge is 0.134 e. The van der Waals surface area contributed by atoms with E-state index in [-0.39, 0.29) is 0 Å². The Morgan fingerprint density at radius 1 is 1.47 bits per heavy atom. The maximum absolute atomic E-state index is 8.93. The van der Waals surface area contributed by atoms with Gasteiger partial charge in [0.1, 0.15) is 18.0 Å². The first-order chi connectivity index (χ1) is 9.35. The molecular weight excluding hydrogens is 238 g/mol. The normalized spacial score (nSPS) is 18.9. The van der Waals surface area contributed by atoms with Gasteiger partial charge >= 0.3 is 0 Å². The SMILES string of the molecule is CCCNc1cc(N2CCCCC2CC#N)ncn1. The Bertz CT molecular complexity index is 440. The van der Waals surface area contributed by atoms with Gasteiger partial charge in [-0.25, -0.2) is 9.97 Å². The van der Waals surface area contributed by atoms with Crippen molar-refractivity contribution in [3.63, 3.8) is 0 Å². The Hall–Kier alpha value is -1.83. The van der Waals surface area contributed by atoms with Crippen molar-refractivity contribution >= 4 is 11.6 Å². The monoisotopic (exact) mass is 259 g/mol. The molecule has 0 aromatic carbocycles. The number of rotatable bonds is 5. The molecule has 1 N–H and O–H groups in total. The zero-order valence-electron chi connectivity index (χ0n) is 11.5. The number of piperidine rings is 1. The predicted octanol–water partition coefficient (Wildman–Crippen LogP) is 2.57. The highest BCUT2D eigenvalue weighted by Gasteiger charge is 2.23. The topological polar surface area (TPSA) is 64.8 Å². The molecule has 1 unspecified atom stereocenters. The third kappa shape index (κ3) is 3.57. The predicted molar refractivity (Wildman–Crippen MR) is 76.0 cm³/mol. The van der Waals surface area contributed by atoms with Gasteiger partial charge in [-0.1, -0.05) is 6.92 Å². The molecule has 1 atom stereocenters. The van der Waals surface area contributed by atoms with E-state index in [1.165, 1.54) is 12.8 Å². The molecule has 0 amide bonds. The minimum Gasteiger partial charge on any atom is -0.370 e. The van der Waals surface area contributed by atoms with Gasteiger partial charge in [-0.15, -0.1) is 0 Å². The Morgan fingerprint density at radius 2 is 2.37 bits per heavy atom. The Kier molecular flexibility index (Phi) is 4.96. The molecule has 0 spiro atoms. The molecule has 0 aliphatic carbocycles. The van der Waals surface area contributed by atoms with Crippen LogP contribution in [0.3, 0.4) is 0 Å². The first-order valence-electron chi connectivity index (χ1n) is 7.04. The summed E-state index contributed by atoms with van der Waals surface area (Å²) in [5.74, 6) is 1.81. The van der Waals surface area contributed by atoms with Crippen molar-refractivity contribution in [1.82, 2.24) is 9.97 Å². The van der Waals surface area contributed by atoms with Crippen molar-refractivity contribution < 1.29 is 0 Å². The molecule has 0 bridgehead atoms. The van der Waals surface area contributed by atoms with Gasteiger partial charge < -0.3 is 10.2 Å².